The fraction of sp³-hybridized carbons (Fsp3) is 0.258. The van der Waals surface area contributed by atoms with Crippen LogP contribution < -0.4 is 15.0 Å². The number of hydrogen-bond acceptors (Lipinski definition) is 4. The van der Waals surface area contributed by atoms with Gasteiger partial charge < -0.3 is 20.1 Å². The number of aromatic carboxylic acids is 1. The lowest BCUT2D eigenvalue weighted by atomic mass is 9.99. The number of ether oxygens (including phenoxy) is 1. The molecule has 4 aromatic rings. The molecule has 1 aliphatic heterocycles. The summed E-state index contributed by atoms with van der Waals surface area (Å²) >= 11 is 0. The smallest absolute Gasteiger partial charge is 0.335 e. The molecule has 0 saturated carbocycles. The Labute approximate surface area is 212 Å². The van der Waals surface area contributed by atoms with Crippen LogP contribution in [0.15, 0.2) is 84.9 Å². The summed E-state index contributed by atoms with van der Waals surface area (Å²) in [5.74, 6) is -0.0117. The van der Waals surface area contributed by atoms with Crippen LogP contribution in [0.4, 0.5) is 5.69 Å². The summed E-state index contributed by atoms with van der Waals surface area (Å²) in [7, 11) is 0. The number of para-hydroxylation sites is 2. The van der Waals surface area contributed by atoms with Crippen molar-refractivity contribution in [2.24, 2.45) is 0 Å². The summed E-state index contributed by atoms with van der Waals surface area (Å²) in [4.78, 5) is 13.9. The van der Waals surface area contributed by atoms with Crippen LogP contribution in [0.3, 0.4) is 0 Å². The molecule has 0 aliphatic carbocycles. The lowest BCUT2D eigenvalue weighted by molar-refractivity contribution is 0.0696. The third kappa shape index (κ3) is 5.07. The predicted molar refractivity (Wildman–Crippen MR) is 145 cm³/mol. The molecule has 0 fully saturated rings. The monoisotopic (exact) mass is 480 g/mol. The lowest BCUT2D eigenvalue weighted by Crippen LogP contribution is -2.41. The second kappa shape index (κ2) is 10.4. The molecular weight excluding hydrogens is 448 g/mol. The van der Waals surface area contributed by atoms with Crippen LogP contribution >= 0.6 is 0 Å². The first-order valence-electron chi connectivity index (χ1n) is 12.5. The topological polar surface area (TPSA) is 61.8 Å². The molecule has 1 aliphatic rings. The van der Waals surface area contributed by atoms with Gasteiger partial charge in [-0.3, -0.25) is 0 Å². The van der Waals surface area contributed by atoms with Crippen molar-refractivity contribution in [1.82, 2.24) is 5.32 Å². The number of aryl methyl sites for hydroxylation is 1. The molecule has 0 spiro atoms. The Morgan fingerprint density at radius 1 is 1.06 bits per heavy atom. The third-order valence-electron chi connectivity index (χ3n) is 7.04. The number of hydrogen-bond donors (Lipinski definition) is 2. The average molecular weight is 481 g/mol. The van der Waals surface area contributed by atoms with Crippen LogP contribution in [-0.2, 0) is 6.54 Å². The van der Waals surface area contributed by atoms with E-state index in [2.05, 4.69) is 65.7 Å². The Morgan fingerprint density at radius 2 is 1.83 bits per heavy atom. The first-order chi connectivity index (χ1) is 17.5. The molecule has 0 amide bonds. The molecule has 184 valence electrons. The van der Waals surface area contributed by atoms with Gasteiger partial charge in [0.25, 0.3) is 0 Å². The van der Waals surface area contributed by atoms with E-state index in [0.717, 1.165) is 42.1 Å². The molecule has 2 unspecified atom stereocenters. The standard InChI is InChI=1S/C31H32N2O3/c1-21-14-15-23(18-28(21)31(34)35)19-33-20-25(36-30-13-6-5-12-29(30)33)16-17-32-22(2)26-11-7-9-24-8-3-4-10-27(24)26/h3-15,18,22,25,32H,16-17,19-20H2,1-2H3,(H,34,35). The van der Waals surface area contributed by atoms with Gasteiger partial charge in [-0.1, -0.05) is 66.7 Å². The fourth-order valence-electron chi connectivity index (χ4n) is 5.10. The summed E-state index contributed by atoms with van der Waals surface area (Å²) in [5, 5.41) is 15.8. The minimum atomic E-state index is -0.888. The minimum absolute atomic E-state index is 0.0384. The van der Waals surface area contributed by atoms with Gasteiger partial charge in [0.2, 0.25) is 0 Å². The first-order valence-corrected chi connectivity index (χ1v) is 12.5. The van der Waals surface area contributed by atoms with E-state index in [4.69, 9.17) is 4.74 Å². The van der Waals surface area contributed by atoms with Crippen LogP contribution in [0, 0.1) is 6.92 Å². The van der Waals surface area contributed by atoms with E-state index in [0.29, 0.717) is 12.1 Å². The minimum Gasteiger partial charge on any atom is -0.486 e. The van der Waals surface area contributed by atoms with E-state index in [1.807, 2.05) is 37.3 Å². The van der Waals surface area contributed by atoms with Gasteiger partial charge in [-0.2, -0.15) is 0 Å². The van der Waals surface area contributed by atoms with Gasteiger partial charge in [-0.15, -0.1) is 0 Å². The van der Waals surface area contributed by atoms with Gasteiger partial charge in [0.05, 0.1) is 17.8 Å². The van der Waals surface area contributed by atoms with E-state index in [9.17, 15) is 9.90 Å². The molecule has 4 aromatic carbocycles. The van der Waals surface area contributed by atoms with Crippen molar-refractivity contribution in [2.75, 3.05) is 18.0 Å². The number of rotatable bonds is 8. The van der Waals surface area contributed by atoms with Crippen LogP contribution in [0.1, 0.15) is 46.4 Å². The summed E-state index contributed by atoms with van der Waals surface area (Å²) in [5.41, 5.74) is 4.47. The molecule has 0 aromatic heterocycles. The molecule has 5 rings (SSSR count). The number of carboxylic acids is 1. The van der Waals surface area contributed by atoms with Crippen molar-refractivity contribution in [3.63, 3.8) is 0 Å². The van der Waals surface area contributed by atoms with E-state index >= 15 is 0 Å². The molecule has 5 heteroatoms. The zero-order valence-corrected chi connectivity index (χ0v) is 20.8. The van der Waals surface area contributed by atoms with Gasteiger partial charge in [-0.05, 0) is 72.5 Å². The zero-order chi connectivity index (χ0) is 25.1. The van der Waals surface area contributed by atoms with Gasteiger partial charge in [-0.25, -0.2) is 4.79 Å². The largest absolute Gasteiger partial charge is 0.486 e. The van der Waals surface area contributed by atoms with Crippen LogP contribution in [0.2, 0.25) is 0 Å². The summed E-state index contributed by atoms with van der Waals surface area (Å²) in [6.45, 7) is 6.26. The SMILES string of the molecule is Cc1ccc(CN2CC(CCNC(C)c3cccc4ccccc34)Oc3ccccc32)cc1C(=O)O. The van der Waals surface area contributed by atoms with Crippen molar-refractivity contribution in [1.29, 1.82) is 0 Å². The van der Waals surface area contributed by atoms with Crippen LogP contribution in [0.25, 0.3) is 10.8 Å². The Balaban J connectivity index is 1.27. The summed E-state index contributed by atoms with van der Waals surface area (Å²) in [6, 6.07) is 29.0. The lowest BCUT2D eigenvalue weighted by Gasteiger charge is -2.36. The highest BCUT2D eigenvalue weighted by atomic mass is 16.5. The van der Waals surface area contributed by atoms with Crippen molar-refractivity contribution in [2.45, 2.75) is 39.0 Å². The predicted octanol–water partition coefficient (Wildman–Crippen LogP) is 6.35. The van der Waals surface area contributed by atoms with Crippen molar-refractivity contribution in [3.05, 3.63) is 107 Å². The van der Waals surface area contributed by atoms with Gasteiger partial charge in [0.15, 0.2) is 0 Å². The van der Waals surface area contributed by atoms with E-state index in [1.165, 1.54) is 16.3 Å². The molecule has 2 atom stereocenters. The van der Waals surface area contributed by atoms with Gasteiger partial charge in [0, 0.05) is 12.6 Å². The molecule has 0 radical (unpaired) electrons. The highest BCUT2D eigenvalue weighted by Gasteiger charge is 2.26. The van der Waals surface area contributed by atoms with Crippen molar-refractivity contribution >= 4 is 22.4 Å². The molecule has 36 heavy (non-hydrogen) atoms. The number of benzene rings is 4. The number of carboxylic acid groups (broad SMARTS) is 1. The maximum Gasteiger partial charge on any atom is 0.335 e. The Hall–Kier alpha value is -3.83. The highest BCUT2D eigenvalue weighted by Crippen LogP contribution is 2.35. The molecule has 5 nitrogen and oxygen atoms in total. The third-order valence-corrected chi connectivity index (χ3v) is 7.04. The maximum atomic E-state index is 11.6. The molecule has 0 saturated heterocycles. The molecule has 1 heterocycles. The van der Waals surface area contributed by atoms with Crippen LogP contribution in [-0.4, -0.2) is 30.3 Å². The Morgan fingerprint density at radius 3 is 2.69 bits per heavy atom. The Bertz CT molecular complexity index is 1380. The fourth-order valence-corrected chi connectivity index (χ4v) is 5.10. The van der Waals surface area contributed by atoms with Gasteiger partial charge >= 0.3 is 5.97 Å². The van der Waals surface area contributed by atoms with E-state index in [1.54, 1.807) is 6.07 Å². The molecule has 0 bridgehead atoms. The van der Waals surface area contributed by atoms with Crippen molar-refractivity contribution < 1.29 is 14.6 Å². The number of anilines is 1. The summed E-state index contributed by atoms with van der Waals surface area (Å²) < 4.78 is 6.36. The van der Waals surface area contributed by atoms with Crippen molar-refractivity contribution in [3.8, 4) is 5.75 Å². The zero-order valence-electron chi connectivity index (χ0n) is 20.8. The highest BCUT2D eigenvalue weighted by molar-refractivity contribution is 5.89. The molecular formula is C31H32N2O3. The quantitative estimate of drug-likeness (QED) is 0.307. The molecule has 2 N–H and O–H groups in total. The number of nitrogens with one attached hydrogen (secondary N) is 1. The summed E-state index contributed by atoms with van der Waals surface area (Å²) in [6.07, 6.45) is 0.908. The number of nitrogens with zero attached hydrogens (tertiary/aromatic N) is 1. The maximum absolute atomic E-state index is 11.6. The van der Waals surface area contributed by atoms with Crippen LogP contribution in [0.5, 0.6) is 5.75 Å². The second-order valence-electron chi connectivity index (χ2n) is 9.58. The average Bonchev–Trinajstić information content (AvgIpc) is 2.89. The van der Waals surface area contributed by atoms with Gasteiger partial charge in [0.1, 0.15) is 11.9 Å². The van der Waals surface area contributed by atoms with E-state index in [-0.39, 0.29) is 12.1 Å². The Kier molecular flexibility index (Phi) is 6.92. The van der Waals surface area contributed by atoms with E-state index < -0.39 is 5.97 Å². The second-order valence-corrected chi connectivity index (χ2v) is 9.58. The first kappa shape index (κ1) is 23.9. The normalized spacial score (nSPS) is 15.8. The number of carbonyl (C=O) groups is 1. The number of fused-ring (bicyclic) bond motifs is 2.